The van der Waals surface area contributed by atoms with E-state index in [2.05, 4.69) is 6.92 Å². The lowest BCUT2D eigenvalue weighted by atomic mass is 10.1. The molecule has 0 radical (unpaired) electrons. The summed E-state index contributed by atoms with van der Waals surface area (Å²) in [6.45, 7) is 2.07. The molecule has 140 valence electrons. The minimum absolute atomic E-state index is 0.190. The molecular formula is C18H21NO6S. The average Bonchev–Trinajstić information content (AvgIpc) is 2.60. The Morgan fingerprint density at radius 3 is 1.81 bits per heavy atom. The molecule has 2 aromatic rings. The van der Waals surface area contributed by atoms with E-state index in [1.54, 1.807) is 12.1 Å². The number of aryl methyl sites for hydroxylation is 1. The van der Waals surface area contributed by atoms with Crippen molar-refractivity contribution < 1.29 is 28.2 Å². The Morgan fingerprint density at radius 2 is 1.38 bits per heavy atom. The van der Waals surface area contributed by atoms with Crippen molar-refractivity contribution in [1.82, 2.24) is 0 Å². The number of carbonyl (C=O) groups is 2. The Kier molecular flexibility index (Phi) is 7.95. The van der Waals surface area contributed by atoms with E-state index in [0.29, 0.717) is 0 Å². The number of benzene rings is 2. The van der Waals surface area contributed by atoms with Crippen LogP contribution >= 0.6 is 0 Å². The zero-order chi connectivity index (χ0) is 19.7. The maximum atomic E-state index is 11.2. The predicted molar refractivity (Wildman–Crippen MR) is 96.8 cm³/mol. The topological polar surface area (TPSA) is 135 Å². The highest BCUT2D eigenvalue weighted by atomic mass is 32.2. The number of primary sulfonamides is 1. The zero-order valence-corrected chi connectivity index (χ0v) is 15.1. The van der Waals surface area contributed by atoms with E-state index in [0.717, 1.165) is 24.8 Å². The van der Waals surface area contributed by atoms with Gasteiger partial charge in [-0.15, -0.1) is 0 Å². The molecule has 0 saturated carbocycles. The summed E-state index contributed by atoms with van der Waals surface area (Å²) in [5, 5.41) is 22.2. The standard InChI is InChI=1S/C10H15NO2S.C8H6O4/c1-2-3-6-9-7-4-5-8-10(9)14(11,12)13;9-7(10)5-3-1-2-4-6(5)8(11)12/h4-5,7-8H,2-3,6H2,1H3,(H2,11,12,13);1-4H,(H,9,10)(H,11,12). The number of nitrogens with two attached hydrogens (primary N) is 1. The second-order valence-electron chi connectivity index (χ2n) is 5.41. The average molecular weight is 379 g/mol. The Morgan fingerprint density at radius 1 is 0.923 bits per heavy atom. The van der Waals surface area contributed by atoms with Crippen molar-refractivity contribution >= 4 is 22.0 Å². The van der Waals surface area contributed by atoms with Gasteiger partial charge in [0.05, 0.1) is 16.0 Å². The van der Waals surface area contributed by atoms with E-state index in [4.69, 9.17) is 15.4 Å². The van der Waals surface area contributed by atoms with Gasteiger partial charge in [-0.25, -0.2) is 23.1 Å². The number of aromatic carboxylic acids is 2. The first-order valence-corrected chi connectivity index (χ1v) is 9.39. The van der Waals surface area contributed by atoms with Gasteiger partial charge in [-0.3, -0.25) is 0 Å². The molecule has 7 nitrogen and oxygen atoms in total. The highest BCUT2D eigenvalue weighted by Gasteiger charge is 2.13. The molecule has 0 amide bonds. The summed E-state index contributed by atoms with van der Waals surface area (Å²) in [7, 11) is -3.56. The Hall–Kier alpha value is -2.71. The fraction of sp³-hybridized carbons (Fsp3) is 0.222. The van der Waals surface area contributed by atoms with E-state index in [9.17, 15) is 18.0 Å². The molecule has 0 spiro atoms. The summed E-state index contributed by atoms with van der Waals surface area (Å²) in [5.74, 6) is -2.46. The number of hydrogen-bond donors (Lipinski definition) is 3. The number of sulfonamides is 1. The van der Waals surface area contributed by atoms with Crippen molar-refractivity contribution in [2.45, 2.75) is 31.1 Å². The summed E-state index contributed by atoms with van der Waals surface area (Å²) in [6.07, 6.45) is 2.79. The Bertz CT molecular complexity index is 844. The Labute approximate surface area is 152 Å². The minimum Gasteiger partial charge on any atom is -0.478 e. The fourth-order valence-electron chi connectivity index (χ4n) is 2.21. The van der Waals surface area contributed by atoms with E-state index >= 15 is 0 Å². The van der Waals surface area contributed by atoms with Crippen LogP contribution in [0.1, 0.15) is 46.0 Å². The van der Waals surface area contributed by atoms with Gasteiger partial charge in [0.15, 0.2) is 0 Å². The monoisotopic (exact) mass is 379 g/mol. The minimum atomic E-state index is -3.56. The molecule has 0 aliphatic heterocycles. The van der Waals surface area contributed by atoms with Gasteiger partial charge in [0.2, 0.25) is 10.0 Å². The summed E-state index contributed by atoms with van der Waals surface area (Å²) in [6, 6.07) is 12.4. The van der Waals surface area contributed by atoms with E-state index in [1.165, 1.54) is 24.3 Å². The number of unbranched alkanes of at least 4 members (excludes halogenated alkanes) is 1. The first-order valence-electron chi connectivity index (χ1n) is 7.84. The molecule has 8 heteroatoms. The molecule has 0 heterocycles. The van der Waals surface area contributed by atoms with Gasteiger partial charge in [-0.1, -0.05) is 43.7 Å². The highest BCUT2D eigenvalue weighted by Crippen LogP contribution is 2.15. The molecule has 0 aliphatic rings. The van der Waals surface area contributed by atoms with Crippen LogP contribution in [0.2, 0.25) is 0 Å². The molecule has 26 heavy (non-hydrogen) atoms. The van der Waals surface area contributed by atoms with Gasteiger partial charge < -0.3 is 10.2 Å². The van der Waals surface area contributed by atoms with Gasteiger partial charge in [0.1, 0.15) is 0 Å². The first-order chi connectivity index (χ1) is 12.2. The van der Waals surface area contributed by atoms with E-state index in [1.807, 2.05) is 12.1 Å². The number of carboxylic acid groups (broad SMARTS) is 2. The van der Waals surface area contributed by atoms with Crippen molar-refractivity contribution in [2.24, 2.45) is 5.14 Å². The molecule has 0 unspecified atom stereocenters. The van der Waals surface area contributed by atoms with Crippen LogP contribution in [0.25, 0.3) is 0 Å². The molecule has 0 aromatic heterocycles. The maximum absolute atomic E-state index is 11.2. The van der Waals surface area contributed by atoms with Crippen LogP contribution in [0.5, 0.6) is 0 Å². The van der Waals surface area contributed by atoms with Gasteiger partial charge in [0.25, 0.3) is 0 Å². The second kappa shape index (κ2) is 9.69. The summed E-state index contributed by atoms with van der Waals surface area (Å²) >= 11 is 0. The predicted octanol–water partition coefficient (Wildman–Crippen LogP) is 2.76. The third kappa shape index (κ3) is 6.30. The highest BCUT2D eigenvalue weighted by molar-refractivity contribution is 7.89. The van der Waals surface area contributed by atoms with Crippen LogP contribution < -0.4 is 5.14 Å². The first kappa shape index (κ1) is 21.3. The molecule has 0 bridgehead atoms. The molecule has 0 atom stereocenters. The lowest BCUT2D eigenvalue weighted by molar-refractivity contribution is 0.0651. The molecule has 0 fully saturated rings. The van der Waals surface area contributed by atoms with Crippen molar-refractivity contribution in [2.75, 3.05) is 0 Å². The van der Waals surface area contributed by atoms with Crippen LogP contribution in [0.3, 0.4) is 0 Å². The summed E-state index contributed by atoms with van der Waals surface area (Å²) in [4.78, 5) is 21.2. The SMILES string of the molecule is CCCCc1ccccc1S(N)(=O)=O.O=C(O)c1ccccc1C(=O)O. The van der Waals surface area contributed by atoms with Crippen LogP contribution in [0.4, 0.5) is 0 Å². The van der Waals surface area contributed by atoms with Crippen LogP contribution in [0.15, 0.2) is 53.4 Å². The lowest BCUT2D eigenvalue weighted by Crippen LogP contribution is -2.14. The molecule has 4 N–H and O–H groups in total. The van der Waals surface area contributed by atoms with Crippen molar-refractivity contribution in [3.05, 3.63) is 65.2 Å². The van der Waals surface area contributed by atoms with Crippen molar-refractivity contribution in [3.8, 4) is 0 Å². The number of hydrogen-bond acceptors (Lipinski definition) is 4. The smallest absolute Gasteiger partial charge is 0.336 e. The number of rotatable bonds is 6. The lowest BCUT2D eigenvalue weighted by Gasteiger charge is -2.05. The maximum Gasteiger partial charge on any atom is 0.336 e. The molecular weight excluding hydrogens is 358 g/mol. The fourth-order valence-corrected chi connectivity index (χ4v) is 3.02. The quantitative estimate of drug-likeness (QED) is 0.706. The normalized spacial score (nSPS) is 10.5. The third-order valence-corrected chi connectivity index (χ3v) is 4.48. The van der Waals surface area contributed by atoms with Crippen molar-refractivity contribution in [3.63, 3.8) is 0 Å². The summed E-state index contributed by atoms with van der Waals surface area (Å²) in [5.41, 5.74) is 0.437. The molecule has 0 saturated heterocycles. The van der Waals surface area contributed by atoms with Gasteiger partial charge in [0, 0.05) is 0 Å². The number of carboxylic acids is 2. The molecule has 2 aromatic carbocycles. The summed E-state index contributed by atoms with van der Waals surface area (Å²) < 4.78 is 22.4. The largest absolute Gasteiger partial charge is 0.478 e. The third-order valence-electron chi connectivity index (χ3n) is 3.47. The van der Waals surface area contributed by atoms with Crippen molar-refractivity contribution in [1.29, 1.82) is 0 Å². The van der Waals surface area contributed by atoms with E-state index < -0.39 is 22.0 Å². The second-order valence-corrected chi connectivity index (χ2v) is 6.94. The molecule has 2 rings (SSSR count). The van der Waals surface area contributed by atoms with Gasteiger partial charge in [-0.2, -0.15) is 0 Å². The Balaban J connectivity index is 0.000000263. The zero-order valence-electron chi connectivity index (χ0n) is 14.3. The molecule has 0 aliphatic carbocycles. The van der Waals surface area contributed by atoms with E-state index in [-0.39, 0.29) is 16.0 Å². The van der Waals surface area contributed by atoms with Crippen LogP contribution in [-0.4, -0.2) is 30.6 Å². The van der Waals surface area contributed by atoms with Gasteiger partial charge in [-0.05, 0) is 36.6 Å². The van der Waals surface area contributed by atoms with Crippen LogP contribution in [0, 0.1) is 0 Å². The van der Waals surface area contributed by atoms with Gasteiger partial charge >= 0.3 is 11.9 Å². The van der Waals surface area contributed by atoms with Crippen LogP contribution in [-0.2, 0) is 16.4 Å².